The van der Waals surface area contributed by atoms with E-state index in [1.165, 1.54) is 17.7 Å². The molecule has 1 aliphatic rings. The monoisotopic (exact) mass is 165 g/mol. The van der Waals surface area contributed by atoms with Crippen LogP contribution in [0.1, 0.15) is 34.1 Å². The molecule has 1 heterocycles. The van der Waals surface area contributed by atoms with E-state index >= 15 is 0 Å². The molecule has 1 heteroatoms. The summed E-state index contributed by atoms with van der Waals surface area (Å²) in [5.74, 6) is 1.47. The van der Waals surface area contributed by atoms with Crippen molar-refractivity contribution < 1.29 is 0 Å². The molecule has 0 bridgehead atoms. The third-order valence-corrected chi connectivity index (χ3v) is 2.89. The molecule has 0 aromatic rings. The molecule has 68 valence electrons. The first kappa shape index (κ1) is 9.50. The number of rotatable bonds is 2. The Morgan fingerprint density at radius 2 is 2.25 bits per heavy atom. The minimum Gasteiger partial charge on any atom is -0.289 e. The van der Waals surface area contributed by atoms with Gasteiger partial charge in [0.1, 0.15) is 0 Å². The second-order valence-corrected chi connectivity index (χ2v) is 3.86. The highest BCUT2D eigenvalue weighted by atomic mass is 14.7. The SMILES string of the molecule is CCC(C)C1CN=C(C)C=C1C. The number of nitrogens with zero attached hydrogens (tertiary/aromatic N) is 1. The van der Waals surface area contributed by atoms with Crippen molar-refractivity contribution in [3.8, 4) is 0 Å². The maximum Gasteiger partial charge on any atom is 0.0460 e. The Hall–Kier alpha value is -0.590. The van der Waals surface area contributed by atoms with Crippen LogP contribution in [0, 0.1) is 11.8 Å². The van der Waals surface area contributed by atoms with Crippen molar-refractivity contribution in [1.29, 1.82) is 0 Å². The van der Waals surface area contributed by atoms with Gasteiger partial charge in [0.05, 0.1) is 0 Å². The van der Waals surface area contributed by atoms with Crippen LogP contribution in [0.5, 0.6) is 0 Å². The summed E-state index contributed by atoms with van der Waals surface area (Å²) in [6.07, 6.45) is 3.48. The van der Waals surface area contributed by atoms with Gasteiger partial charge in [-0.1, -0.05) is 25.8 Å². The standard InChI is InChI=1S/C11H19N/c1-5-8(2)11-7-12-10(4)6-9(11)3/h6,8,11H,5,7H2,1-4H3. The van der Waals surface area contributed by atoms with Crippen molar-refractivity contribution >= 4 is 5.71 Å². The van der Waals surface area contributed by atoms with Crippen molar-refractivity contribution in [2.24, 2.45) is 16.8 Å². The molecule has 12 heavy (non-hydrogen) atoms. The molecule has 0 aliphatic carbocycles. The highest BCUT2D eigenvalue weighted by molar-refractivity contribution is 5.94. The molecule has 0 N–H and O–H groups in total. The van der Waals surface area contributed by atoms with E-state index in [4.69, 9.17) is 0 Å². The van der Waals surface area contributed by atoms with Gasteiger partial charge in [-0.2, -0.15) is 0 Å². The summed E-state index contributed by atoms with van der Waals surface area (Å²) in [5.41, 5.74) is 2.70. The van der Waals surface area contributed by atoms with Gasteiger partial charge < -0.3 is 0 Å². The van der Waals surface area contributed by atoms with Crippen molar-refractivity contribution in [3.63, 3.8) is 0 Å². The third kappa shape index (κ3) is 1.96. The van der Waals surface area contributed by atoms with E-state index in [2.05, 4.69) is 38.8 Å². The maximum absolute atomic E-state index is 4.47. The fraction of sp³-hybridized carbons (Fsp3) is 0.727. The zero-order chi connectivity index (χ0) is 9.14. The number of hydrogen-bond donors (Lipinski definition) is 0. The number of allylic oxidation sites excluding steroid dienone is 1. The first-order valence-corrected chi connectivity index (χ1v) is 4.84. The molecule has 2 unspecified atom stereocenters. The highest BCUT2D eigenvalue weighted by Gasteiger charge is 2.19. The predicted octanol–water partition coefficient (Wildman–Crippen LogP) is 3.07. The molecule has 0 saturated carbocycles. The molecule has 0 aromatic heterocycles. The minimum absolute atomic E-state index is 0.693. The van der Waals surface area contributed by atoms with E-state index in [9.17, 15) is 0 Å². The lowest BCUT2D eigenvalue weighted by molar-refractivity contribution is 0.404. The molecule has 0 amide bonds. The highest BCUT2D eigenvalue weighted by Crippen LogP contribution is 2.25. The van der Waals surface area contributed by atoms with Gasteiger partial charge >= 0.3 is 0 Å². The van der Waals surface area contributed by atoms with Crippen LogP contribution in [0.2, 0.25) is 0 Å². The van der Waals surface area contributed by atoms with Crippen LogP contribution in [-0.2, 0) is 0 Å². The van der Waals surface area contributed by atoms with Crippen molar-refractivity contribution in [3.05, 3.63) is 11.6 Å². The molecule has 0 saturated heterocycles. The second-order valence-electron chi connectivity index (χ2n) is 3.86. The third-order valence-electron chi connectivity index (χ3n) is 2.89. The Labute approximate surface area is 75.6 Å². The molecule has 0 radical (unpaired) electrons. The number of hydrogen-bond acceptors (Lipinski definition) is 1. The van der Waals surface area contributed by atoms with Crippen molar-refractivity contribution in [1.82, 2.24) is 0 Å². The maximum atomic E-state index is 4.47. The summed E-state index contributed by atoms with van der Waals surface area (Å²) < 4.78 is 0. The fourth-order valence-electron chi connectivity index (χ4n) is 1.78. The average molecular weight is 165 g/mol. The normalized spacial score (nSPS) is 26.2. The van der Waals surface area contributed by atoms with E-state index in [0.29, 0.717) is 5.92 Å². The van der Waals surface area contributed by atoms with Crippen molar-refractivity contribution in [2.45, 2.75) is 34.1 Å². The molecular formula is C11H19N. The van der Waals surface area contributed by atoms with E-state index in [1.54, 1.807) is 0 Å². The van der Waals surface area contributed by atoms with E-state index in [-0.39, 0.29) is 0 Å². The van der Waals surface area contributed by atoms with Gasteiger partial charge in [-0.3, -0.25) is 4.99 Å². The van der Waals surface area contributed by atoms with Gasteiger partial charge in [0.25, 0.3) is 0 Å². The van der Waals surface area contributed by atoms with Crippen LogP contribution in [0.4, 0.5) is 0 Å². The average Bonchev–Trinajstić information content (AvgIpc) is 2.03. The van der Waals surface area contributed by atoms with E-state index < -0.39 is 0 Å². The van der Waals surface area contributed by atoms with Gasteiger partial charge in [0, 0.05) is 18.2 Å². The van der Waals surface area contributed by atoms with Crippen molar-refractivity contribution in [2.75, 3.05) is 6.54 Å². The Bertz CT molecular complexity index is 213. The van der Waals surface area contributed by atoms with Crippen LogP contribution in [0.25, 0.3) is 0 Å². The van der Waals surface area contributed by atoms with Crippen LogP contribution in [0.15, 0.2) is 16.6 Å². The topological polar surface area (TPSA) is 12.4 Å². The minimum atomic E-state index is 0.693. The zero-order valence-electron chi connectivity index (χ0n) is 8.59. The molecule has 0 aromatic carbocycles. The first-order valence-electron chi connectivity index (χ1n) is 4.84. The molecular weight excluding hydrogens is 146 g/mol. The summed E-state index contributed by atoms with van der Waals surface area (Å²) in [6.45, 7) is 9.88. The van der Waals surface area contributed by atoms with Crippen LogP contribution in [-0.4, -0.2) is 12.3 Å². The van der Waals surface area contributed by atoms with E-state index in [0.717, 1.165) is 12.5 Å². The zero-order valence-corrected chi connectivity index (χ0v) is 8.59. The molecule has 0 spiro atoms. The molecule has 2 atom stereocenters. The second kappa shape index (κ2) is 3.88. The van der Waals surface area contributed by atoms with Gasteiger partial charge in [-0.15, -0.1) is 0 Å². The molecule has 1 nitrogen and oxygen atoms in total. The van der Waals surface area contributed by atoms with Gasteiger partial charge in [-0.05, 0) is 25.8 Å². The lowest BCUT2D eigenvalue weighted by Crippen LogP contribution is -2.20. The van der Waals surface area contributed by atoms with Gasteiger partial charge in [0.15, 0.2) is 0 Å². The summed E-state index contributed by atoms with van der Waals surface area (Å²) in [4.78, 5) is 4.47. The van der Waals surface area contributed by atoms with Gasteiger partial charge in [0.2, 0.25) is 0 Å². The Morgan fingerprint density at radius 3 is 2.75 bits per heavy atom. The molecule has 1 aliphatic heterocycles. The van der Waals surface area contributed by atoms with E-state index in [1.807, 2.05) is 0 Å². The molecule has 1 rings (SSSR count). The number of dihydropyridines is 1. The van der Waals surface area contributed by atoms with Crippen LogP contribution < -0.4 is 0 Å². The van der Waals surface area contributed by atoms with Crippen LogP contribution in [0.3, 0.4) is 0 Å². The smallest absolute Gasteiger partial charge is 0.0460 e. The van der Waals surface area contributed by atoms with Crippen LogP contribution >= 0.6 is 0 Å². The summed E-state index contributed by atoms with van der Waals surface area (Å²) in [6, 6.07) is 0. The lowest BCUT2D eigenvalue weighted by Gasteiger charge is -2.25. The largest absolute Gasteiger partial charge is 0.289 e. The lowest BCUT2D eigenvalue weighted by atomic mass is 9.84. The Morgan fingerprint density at radius 1 is 1.58 bits per heavy atom. The van der Waals surface area contributed by atoms with Gasteiger partial charge in [-0.25, -0.2) is 0 Å². The number of aliphatic imine (C=N–C) groups is 1. The summed E-state index contributed by atoms with van der Waals surface area (Å²) in [7, 11) is 0. The Kier molecular flexibility index (Phi) is 3.07. The Balaban J connectivity index is 2.67. The predicted molar refractivity (Wildman–Crippen MR) is 54.7 cm³/mol. The fourth-order valence-corrected chi connectivity index (χ4v) is 1.78. The quantitative estimate of drug-likeness (QED) is 0.596. The first-order chi connectivity index (χ1) is 5.65. The molecule has 0 fully saturated rings. The summed E-state index contributed by atoms with van der Waals surface area (Å²) in [5, 5.41) is 0. The summed E-state index contributed by atoms with van der Waals surface area (Å²) >= 11 is 0.